The summed E-state index contributed by atoms with van der Waals surface area (Å²) in [7, 11) is 0. The van der Waals surface area contributed by atoms with Gasteiger partial charge in [0.2, 0.25) is 0 Å². The van der Waals surface area contributed by atoms with Crippen molar-refractivity contribution in [2.75, 3.05) is 18.4 Å². The number of aryl methyl sites for hydroxylation is 1. The van der Waals surface area contributed by atoms with Crippen molar-refractivity contribution in [2.45, 2.75) is 32.7 Å². The molecule has 1 amide bonds. The molecule has 176 valence electrons. The van der Waals surface area contributed by atoms with E-state index in [-0.39, 0.29) is 23.5 Å². The molecule has 0 aliphatic carbocycles. The second kappa shape index (κ2) is 8.85. The minimum atomic E-state index is -0.608. The molecule has 2 unspecified atom stereocenters. The molecule has 0 radical (unpaired) electrons. The Balaban J connectivity index is 1.43. The highest BCUT2D eigenvalue weighted by atomic mass is 19.1. The van der Waals surface area contributed by atoms with Gasteiger partial charge in [0, 0.05) is 19.2 Å². The Bertz CT molecular complexity index is 1340. The van der Waals surface area contributed by atoms with Crippen LogP contribution in [0, 0.1) is 24.5 Å². The standard InChI is InChI=1S/C24H24F2N6O2/c1-14-10-17(26)22(19(11-14)32-28-7-8-29-32)23(33)31-9-3-4-15(2)20(31)13-27-24-30-18-12-16(25)5-6-21(18)34-24/h5-8,10-12,15,20H,3-4,9,13H2,1-2H3,(H,27,30). The van der Waals surface area contributed by atoms with Gasteiger partial charge in [-0.25, -0.2) is 8.78 Å². The molecular weight excluding hydrogens is 442 g/mol. The van der Waals surface area contributed by atoms with Crippen molar-refractivity contribution in [3.05, 3.63) is 65.5 Å². The Hall–Kier alpha value is -3.82. The Kier molecular flexibility index (Phi) is 5.72. The second-order valence-electron chi connectivity index (χ2n) is 8.66. The molecule has 1 saturated heterocycles. The van der Waals surface area contributed by atoms with Crippen LogP contribution in [0.3, 0.4) is 0 Å². The van der Waals surface area contributed by atoms with E-state index in [4.69, 9.17) is 4.42 Å². The van der Waals surface area contributed by atoms with Crippen LogP contribution in [-0.4, -0.2) is 49.9 Å². The third-order valence-corrected chi connectivity index (χ3v) is 6.25. The molecule has 2 aromatic carbocycles. The molecule has 2 atom stereocenters. The van der Waals surface area contributed by atoms with Crippen LogP contribution in [0.2, 0.25) is 0 Å². The maximum atomic E-state index is 15.1. The quantitative estimate of drug-likeness (QED) is 0.471. The molecule has 0 spiro atoms. The lowest BCUT2D eigenvalue weighted by Gasteiger charge is -2.40. The number of anilines is 1. The number of hydrogen-bond acceptors (Lipinski definition) is 6. The number of halogens is 2. The fourth-order valence-electron chi connectivity index (χ4n) is 4.56. The van der Waals surface area contributed by atoms with Crippen molar-refractivity contribution < 1.29 is 18.0 Å². The van der Waals surface area contributed by atoms with Gasteiger partial charge in [-0.15, -0.1) is 0 Å². The highest BCUT2D eigenvalue weighted by Gasteiger charge is 2.35. The molecule has 8 nitrogen and oxygen atoms in total. The summed E-state index contributed by atoms with van der Waals surface area (Å²) in [5.41, 5.74) is 1.78. The van der Waals surface area contributed by atoms with E-state index >= 15 is 4.39 Å². The lowest BCUT2D eigenvalue weighted by atomic mass is 9.90. The number of likely N-dealkylation sites (tertiary alicyclic amines) is 1. The maximum absolute atomic E-state index is 15.1. The zero-order chi connectivity index (χ0) is 23.8. The second-order valence-corrected chi connectivity index (χ2v) is 8.66. The molecule has 3 heterocycles. The molecule has 0 bridgehead atoms. The molecule has 34 heavy (non-hydrogen) atoms. The van der Waals surface area contributed by atoms with Gasteiger partial charge in [-0.1, -0.05) is 6.92 Å². The largest absolute Gasteiger partial charge is 0.424 e. The molecule has 5 rings (SSSR count). The molecule has 1 fully saturated rings. The predicted molar refractivity (Wildman–Crippen MR) is 122 cm³/mol. The Morgan fingerprint density at radius 1 is 1.21 bits per heavy atom. The van der Waals surface area contributed by atoms with Gasteiger partial charge in [0.25, 0.3) is 11.9 Å². The van der Waals surface area contributed by atoms with Gasteiger partial charge in [0.1, 0.15) is 28.4 Å². The Morgan fingerprint density at radius 3 is 2.79 bits per heavy atom. The lowest BCUT2D eigenvalue weighted by Crippen LogP contribution is -2.51. The zero-order valence-electron chi connectivity index (χ0n) is 18.8. The first kappa shape index (κ1) is 22.0. The monoisotopic (exact) mass is 466 g/mol. The van der Waals surface area contributed by atoms with Gasteiger partial charge < -0.3 is 14.6 Å². The lowest BCUT2D eigenvalue weighted by molar-refractivity contribution is 0.0534. The SMILES string of the molecule is Cc1cc(F)c(C(=O)N2CCCC(C)C2CNc2nc3cc(F)ccc3o2)c(-n2nccn2)c1. The van der Waals surface area contributed by atoms with E-state index in [1.54, 1.807) is 17.9 Å². The number of hydrogen-bond donors (Lipinski definition) is 1. The number of carbonyl (C=O) groups is 1. The van der Waals surface area contributed by atoms with Gasteiger partial charge >= 0.3 is 0 Å². The van der Waals surface area contributed by atoms with Crippen molar-refractivity contribution in [3.8, 4) is 5.69 Å². The van der Waals surface area contributed by atoms with E-state index in [1.165, 1.54) is 41.5 Å². The normalized spacial score (nSPS) is 18.4. The third kappa shape index (κ3) is 4.11. The minimum Gasteiger partial charge on any atom is -0.424 e. The summed E-state index contributed by atoms with van der Waals surface area (Å²) in [4.78, 5) is 20.9. The van der Waals surface area contributed by atoms with Crippen LogP contribution in [0.25, 0.3) is 16.8 Å². The summed E-state index contributed by atoms with van der Waals surface area (Å²) in [6, 6.07) is 7.19. The average molecular weight is 466 g/mol. The topological polar surface area (TPSA) is 89.1 Å². The van der Waals surface area contributed by atoms with E-state index < -0.39 is 17.5 Å². The van der Waals surface area contributed by atoms with Crippen molar-refractivity contribution in [1.29, 1.82) is 0 Å². The molecule has 1 N–H and O–H groups in total. The summed E-state index contributed by atoms with van der Waals surface area (Å²) in [6.07, 6.45) is 4.71. The van der Waals surface area contributed by atoms with Gasteiger partial charge in [0.15, 0.2) is 5.58 Å². The number of piperidine rings is 1. The van der Waals surface area contributed by atoms with E-state index in [0.29, 0.717) is 35.4 Å². The molecule has 4 aromatic rings. The molecular formula is C24H24F2N6O2. The van der Waals surface area contributed by atoms with Gasteiger partial charge in [-0.3, -0.25) is 4.79 Å². The van der Waals surface area contributed by atoms with Crippen LogP contribution in [0.1, 0.15) is 35.7 Å². The van der Waals surface area contributed by atoms with E-state index in [9.17, 15) is 9.18 Å². The predicted octanol–water partition coefficient (Wildman–Crippen LogP) is 4.35. The highest BCUT2D eigenvalue weighted by molar-refractivity contribution is 5.98. The highest BCUT2D eigenvalue weighted by Crippen LogP contribution is 2.29. The first-order valence-corrected chi connectivity index (χ1v) is 11.2. The molecule has 10 heteroatoms. The van der Waals surface area contributed by atoms with Crippen molar-refractivity contribution >= 4 is 23.0 Å². The first-order valence-electron chi connectivity index (χ1n) is 11.2. The summed E-state index contributed by atoms with van der Waals surface area (Å²) in [6.45, 7) is 4.67. The summed E-state index contributed by atoms with van der Waals surface area (Å²) < 4.78 is 34.3. The summed E-state index contributed by atoms with van der Waals surface area (Å²) in [5.74, 6) is -1.26. The van der Waals surface area contributed by atoms with Crippen LogP contribution in [0.4, 0.5) is 14.8 Å². The van der Waals surface area contributed by atoms with Crippen LogP contribution >= 0.6 is 0 Å². The van der Waals surface area contributed by atoms with Crippen molar-refractivity contribution in [2.24, 2.45) is 5.92 Å². The number of rotatable bonds is 5. The molecule has 1 aliphatic heterocycles. The Morgan fingerprint density at radius 2 is 2.00 bits per heavy atom. The number of nitrogens with zero attached hydrogens (tertiary/aromatic N) is 5. The first-order chi connectivity index (χ1) is 16.4. The van der Waals surface area contributed by atoms with Crippen LogP contribution in [0.15, 0.2) is 47.1 Å². The minimum absolute atomic E-state index is 0.0572. The summed E-state index contributed by atoms with van der Waals surface area (Å²) >= 11 is 0. The van der Waals surface area contributed by atoms with E-state index in [1.807, 2.05) is 0 Å². The van der Waals surface area contributed by atoms with Crippen LogP contribution < -0.4 is 5.32 Å². The fourth-order valence-corrected chi connectivity index (χ4v) is 4.56. The van der Waals surface area contributed by atoms with Gasteiger partial charge in [0.05, 0.1) is 18.4 Å². The van der Waals surface area contributed by atoms with E-state index in [2.05, 4.69) is 27.4 Å². The summed E-state index contributed by atoms with van der Waals surface area (Å²) in [5, 5.41) is 11.3. The van der Waals surface area contributed by atoms with Gasteiger partial charge in [-0.05, 0) is 55.5 Å². The number of benzene rings is 2. The Labute approximate surface area is 194 Å². The third-order valence-electron chi connectivity index (χ3n) is 6.25. The number of carbonyl (C=O) groups excluding carboxylic acids is 1. The number of aromatic nitrogens is 4. The number of nitrogens with one attached hydrogen (secondary N) is 1. The number of oxazole rings is 1. The number of fused-ring (bicyclic) bond motifs is 1. The number of amides is 1. The van der Waals surface area contributed by atoms with Crippen molar-refractivity contribution in [3.63, 3.8) is 0 Å². The molecule has 2 aromatic heterocycles. The van der Waals surface area contributed by atoms with Gasteiger partial charge in [-0.2, -0.15) is 20.0 Å². The maximum Gasteiger partial charge on any atom is 0.295 e. The molecule has 0 saturated carbocycles. The average Bonchev–Trinajstić information content (AvgIpc) is 3.47. The zero-order valence-corrected chi connectivity index (χ0v) is 18.8. The van der Waals surface area contributed by atoms with Crippen molar-refractivity contribution in [1.82, 2.24) is 24.9 Å². The van der Waals surface area contributed by atoms with Crippen LogP contribution in [0.5, 0.6) is 0 Å². The smallest absolute Gasteiger partial charge is 0.295 e. The fraction of sp³-hybridized carbons (Fsp3) is 0.333. The molecule has 1 aliphatic rings. The van der Waals surface area contributed by atoms with E-state index in [0.717, 1.165) is 12.8 Å². The van der Waals surface area contributed by atoms with Crippen LogP contribution in [-0.2, 0) is 0 Å².